The maximum Gasteiger partial charge on any atom is 0.287 e. The standard InChI is InChI=1S/C22H20N2O2/c1-22(2,3)26-18-14-17-21(25-18)19(15-10-6-4-7-11-15)20(24-23-17)16-12-8-5-9-13-16/h4-14H,1-3H3. The van der Waals surface area contributed by atoms with Crippen molar-refractivity contribution in [1.29, 1.82) is 0 Å². The molecule has 0 aliphatic rings. The molecule has 4 heteroatoms. The van der Waals surface area contributed by atoms with E-state index >= 15 is 0 Å². The molecule has 4 aromatic rings. The molecule has 4 rings (SSSR count). The van der Waals surface area contributed by atoms with E-state index in [0.29, 0.717) is 17.0 Å². The topological polar surface area (TPSA) is 48.2 Å². The van der Waals surface area contributed by atoms with Gasteiger partial charge in [0.25, 0.3) is 5.95 Å². The second kappa shape index (κ2) is 6.30. The van der Waals surface area contributed by atoms with Gasteiger partial charge in [-0.25, -0.2) is 0 Å². The van der Waals surface area contributed by atoms with Crippen molar-refractivity contribution in [3.63, 3.8) is 0 Å². The van der Waals surface area contributed by atoms with Gasteiger partial charge in [-0.3, -0.25) is 0 Å². The fraction of sp³-hybridized carbons (Fsp3) is 0.182. The van der Waals surface area contributed by atoms with E-state index in [1.54, 1.807) is 6.07 Å². The van der Waals surface area contributed by atoms with Crippen molar-refractivity contribution in [2.45, 2.75) is 26.4 Å². The van der Waals surface area contributed by atoms with Crippen molar-refractivity contribution in [2.24, 2.45) is 0 Å². The number of hydrogen-bond donors (Lipinski definition) is 0. The maximum absolute atomic E-state index is 6.07. The summed E-state index contributed by atoms with van der Waals surface area (Å²) in [5.41, 5.74) is 4.76. The van der Waals surface area contributed by atoms with Crippen LogP contribution in [0.2, 0.25) is 0 Å². The van der Waals surface area contributed by atoms with Crippen molar-refractivity contribution in [3.05, 3.63) is 66.7 Å². The third-order valence-corrected chi connectivity index (χ3v) is 3.93. The van der Waals surface area contributed by atoms with Crippen LogP contribution in [-0.4, -0.2) is 15.8 Å². The second-order valence-electron chi connectivity index (χ2n) is 7.15. The van der Waals surface area contributed by atoms with Crippen LogP contribution in [0.15, 0.2) is 71.1 Å². The summed E-state index contributed by atoms with van der Waals surface area (Å²) < 4.78 is 12.0. The number of fused-ring (bicyclic) bond motifs is 1. The molecular weight excluding hydrogens is 324 g/mol. The molecular formula is C22H20N2O2. The second-order valence-corrected chi connectivity index (χ2v) is 7.15. The number of ether oxygens (including phenoxy) is 1. The molecule has 0 radical (unpaired) electrons. The molecule has 0 fully saturated rings. The molecule has 2 aromatic heterocycles. The predicted octanol–water partition coefficient (Wildman–Crippen LogP) is 5.73. The first-order chi connectivity index (χ1) is 12.5. The minimum atomic E-state index is -0.351. The zero-order valence-corrected chi connectivity index (χ0v) is 15.1. The third-order valence-electron chi connectivity index (χ3n) is 3.93. The fourth-order valence-electron chi connectivity index (χ4n) is 2.90. The van der Waals surface area contributed by atoms with E-state index in [9.17, 15) is 0 Å². The summed E-state index contributed by atoms with van der Waals surface area (Å²) >= 11 is 0. The molecule has 0 N–H and O–H groups in total. The molecule has 130 valence electrons. The van der Waals surface area contributed by atoms with Gasteiger partial charge < -0.3 is 9.15 Å². The Hall–Kier alpha value is -3.14. The van der Waals surface area contributed by atoms with Crippen LogP contribution in [0.25, 0.3) is 33.5 Å². The Morgan fingerprint density at radius 1 is 0.808 bits per heavy atom. The van der Waals surface area contributed by atoms with E-state index in [1.807, 2.05) is 69.3 Å². The van der Waals surface area contributed by atoms with Gasteiger partial charge in [0, 0.05) is 5.56 Å². The lowest BCUT2D eigenvalue weighted by Crippen LogP contribution is -2.22. The van der Waals surface area contributed by atoms with E-state index < -0.39 is 0 Å². The first-order valence-corrected chi connectivity index (χ1v) is 8.61. The minimum Gasteiger partial charge on any atom is -0.459 e. The number of nitrogens with zero attached hydrogens (tertiary/aromatic N) is 2. The molecule has 2 aromatic carbocycles. The predicted molar refractivity (Wildman–Crippen MR) is 103 cm³/mol. The minimum absolute atomic E-state index is 0.351. The van der Waals surface area contributed by atoms with Gasteiger partial charge in [-0.15, -0.1) is 10.2 Å². The summed E-state index contributed by atoms with van der Waals surface area (Å²) in [6.07, 6.45) is 0. The van der Waals surface area contributed by atoms with Crippen molar-refractivity contribution in [3.8, 4) is 28.3 Å². The van der Waals surface area contributed by atoms with Gasteiger partial charge in [-0.05, 0) is 26.3 Å². The Bertz CT molecular complexity index is 1030. The van der Waals surface area contributed by atoms with E-state index in [4.69, 9.17) is 9.15 Å². The molecule has 26 heavy (non-hydrogen) atoms. The lowest BCUT2D eigenvalue weighted by atomic mass is 9.99. The van der Waals surface area contributed by atoms with Crippen molar-refractivity contribution >= 4 is 11.1 Å². The highest BCUT2D eigenvalue weighted by molar-refractivity contribution is 5.97. The summed E-state index contributed by atoms with van der Waals surface area (Å²) in [5, 5.41) is 8.87. The molecule has 0 atom stereocenters. The first-order valence-electron chi connectivity index (χ1n) is 8.61. The van der Waals surface area contributed by atoms with Crippen molar-refractivity contribution in [2.75, 3.05) is 0 Å². The average molecular weight is 344 g/mol. The number of aromatic nitrogens is 2. The summed E-state index contributed by atoms with van der Waals surface area (Å²) in [6, 6.07) is 21.9. The van der Waals surface area contributed by atoms with Gasteiger partial charge in [0.1, 0.15) is 16.8 Å². The van der Waals surface area contributed by atoms with Crippen LogP contribution in [0.4, 0.5) is 0 Å². The van der Waals surface area contributed by atoms with Gasteiger partial charge >= 0.3 is 0 Å². The van der Waals surface area contributed by atoms with Crippen LogP contribution in [0.1, 0.15) is 20.8 Å². The molecule has 0 saturated heterocycles. The van der Waals surface area contributed by atoms with E-state index in [1.165, 1.54) is 0 Å². The van der Waals surface area contributed by atoms with Crippen LogP contribution in [0, 0.1) is 0 Å². The van der Waals surface area contributed by atoms with E-state index in [2.05, 4.69) is 22.3 Å². The third kappa shape index (κ3) is 3.18. The zero-order valence-electron chi connectivity index (χ0n) is 15.1. The average Bonchev–Trinajstić information content (AvgIpc) is 3.02. The first kappa shape index (κ1) is 16.3. The Morgan fingerprint density at radius 3 is 2.04 bits per heavy atom. The lowest BCUT2D eigenvalue weighted by Gasteiger charge is -2.18. The summed E-state index contributed by atoms with van der Waals surface area (Å²) in [5.74, 6) is 0.448. The van der Waals surface area contributed by atoms with Crippen LogP contribution >= 0.6 is 0 Å². The normalized spacial score (nSPS) is 11.7. The van der Waals surface area contributed by atoms with Crippen molar-refractivity contribution in [1.82, 2.24) is 10.2 Å². The Balaban J connectivity index is 1.97. The Morgan fingerprint density at radius 2 is 1.42 bits per heavy atom. The quantitative estimate of drug-likeness (QED) is 0.476. The van der Waals surface area contributed by atoms with Gasteiger partial charge in [-0.1, -0.05) is 60.7 Å². The highest BCUT2D eigenvalue weighted by Gasteiger charge is 2.21. The molecule has 2 heterocycles. The van der Waals surface area contributed by atoms with E-state index in [-0.39, 0.29) is 5.60 Å². The summed E-state index contributed by atoms with van der Waals surface area (Å²) in [6.45, 7) is 5.96. The number of rotatable bonds is 3. The Labute approximate surface area is 152 Å². The smallest absolute Gasteiger partial charge is 0.287 e. The summed E-state index contributed by atoms with van der Waals surface area (Å²) in [7, 11) is 0. The van der Waals surface area contributed by atoms with E-state index in [0.717, 1.165) is 22.4 Å². The Kier molecular flexibility index (Phi) is 3.96. The largest absolute Gasteiger partial charge is 0.459 e. The molecule has 0 unspecified atom stereocenters. The van der Waals surface area contributed by atoms with Crippen LogP contribution in [0.5, 0.6) is 5.95 Å². The molecule has 0 spiro atoms. The molecule has 0 aliphatic carbocycles. The molecule has 0 saturated carbocycles. The molecule has 0 bridgehead atoms. The van der Waals surface area contributed by atoms with Crippen LogP contribution in [0.3, 0.4) is 0 Å². The SMILES string of the molecule is CC(C)(C)Oc1cc2nnc(-c3ccccc3)c(-c3ccccc3)c2o1. The van der Waals surface area contributed by atoms with Gasteiger partial charge in [-0.2, -0.15) is 0 Å². The van der Waals surface area contributed by atoms with Gasteiger partial charge in [0.2, 0.25) is 0 Å². The fourth-order valence-corrected chi connectivity index (χ4v) is 2.90. The highest BCUT2D eigenvalue weighted by atomic mass is 16.6. The number of hydrogen-bond acceptors (Lipinski definition) is 4. The number of benzene rings is 2. The van der Waals surface area contributed by atoms with Crippen LogP contribution < -0.4 is 4.74 Å². The number of furan rings is 1. The van der Waals surface area contributed by atoms with Crippen LogP contribution in [-0.2, 0) is 0 Å². The van der Waals surface area contributed by atoms with Crippen molar-refractivity contribution < 1.29 is 9.15 Å². The maximum atomic E-state index is 6.07. The summed E-state index contributed by atoms with van der Waals surface area (Å²) in [4.78, 5) is 0. The van der Waals surface area contributed by atoms with Gasteiger partial charge in [0.15, 0.2) is 5.58 Å². The molecule has 0 amide bonds. The lowest BCUT2D eigenvalue weighted by molar-refractivity contribution is 0.0979. The molecule has 0 aliphatic heterocycles. The molecule has 4 nitrogen and oxygen atoms in total. The zero-order chi connectivity index (χ0) is 18.1. The monoisotopic (exact) mass is 344 g/mol. The highest BCUT2D eigenvalue weighted by Crippen LogP contribution is 2.38. The van der Waals surface area contributed by atoms with Gasteiger partial charge in [0.05, 0.1) is 11.6 Å².